The SMILES string of the molecule is CCCCCCCCN1CC(C(=O)NCCCCCC)CN(Cc2ccc(C(=O)OC(C)(C)C)cc2)C1=O. The van der Waals surface area contributed by atoms with Crippen molar-refractivity contribution in [2.45, 2.75) is 111 Å². The van der Waals surface area contributed by atoms with E-state index in [2.05, 4.69) is 19.2 Å². The van der Waals surface area contributed by atoms with Crippen LogP contribution in [-0.2, 0) is 16.1 Å². The van der Waals surface area contributed by atoms with Gasteiger partial charge in [-0.1, -0.05) is 77.3 Å². The molecule has 1 aliphatic heterocycles. The van der Waals surface area contributed by atoms with Crippen LogP contribution in [-0.4, -0.2) is 59.5 Å². The number of hydrogen-bond acceptors (Lipinski definition) is 4. The third-order valence-electron chi connectivity index (χ3n) is 6.87. The molecule has 0 spiro atoms. The molecule has 1 unspecified atom stereocenters. The number of carbonyl (C=O) groups is 3. The van der Waals surface area contributed by atoms with Gasteiger partial charge in [0.1, 0.15) is 5.60 Å². The molecule has 38 heavy (non-hydrogen) atoms. The summed E-state index contributed by atoms with van der Waals surface area (Å²) in [7, 11) is 0. The molecule has 0 aromatic heterocycles. The van der Waals surface area contributed by atoms with E-state index in [4.69, 9.17) is 4.74 Å². The molecule has 1 N–H and O–H groups in total. The second-order valence-electron chi connectivity index (χ2n) is 11.6. The van der Waals surface area contributed by atoms with E-state index < -0.39 is 5.60 Å². The highest BCUT2D eigenvalue weighted by Gasteiger charge is 2.35. The van der Waals surface area contributed by atoms with Gasteiger partial charge in [0.25, 0.3) is 0 Å². The lowest BCUT2D eigenvalue weighted by Gasteiger charge is -2.39. The molecule has 1 heterocycles. The number of ether oxygens (including phenoxy) is 1. The highest BCUT2D eigenvalue weighted by molar-refractivity contribution is 5.89. The largest absolute Gasteiger partial charge is 0.456 e. The lowest BCUT2D eigenvalue weighted by molar-refractivity contribution is -0.126. The van der Waals surface area contributed by atoms with Gasteiger partial charge >= 0.3 is 12.0 Å². The number of rotatable bonds is 16. The van der Waals surface area contributed by atoms with Crippen LogP contribution in [0.1, 0.15) is 115 Å². The van der Waals surface area contributed by atoms with Crippen molar-refractivity contribution in [3.05, 3.63) is 35.4 Å². The van der Waals surface area contributed by atoms with Crippen LogP contribution in [0, 0.1) is 5.92 Å². The molecular formula is C31H51N3O4. The van der Waals surface area contributed by atoms with E-state index >= 15 is 0 Å². The van der Waals surface area contributed by atoms with Gasteiger partial charge in [-0.15, -0.1) is 0 Å². The fraction of sp³-hybridized carbons (Fsp3) is 0.710. The van der Waals surface area contributed by atoms with Gasteiger partial charge in [-0.05, 0) is 51.3 Å². The molecule has 3 amide bonds. The fourth-order valence-corrected chi connectivity index (χ4v) is 4.73. The number of esters is 1. The third-order valence-corrected chi connectivity index (χ3v) is 6.87. The Bertz CT molecular complexity index is 863. The van der Waals surface area contributed by atoms with E-state index in [1.165, 1.54) is 38.5 Å². The first kappa shape index (κ1) is 31.6. The van der Waals surface area contributed by atoms with Gasteiger partial charge in [0.05, 0.1) is 11.5 Å². The molecule has 1 aromatic rings. The normalized spacial score (nSPS) is 16.0. The first-order valence-electron chi connectivity index (χ1n) is 14.8. The Morgan fingerprint density at radius 2 is 1.45 bits per heavy atom. The number of urea groups is 1. The van der Waals surface area contributed by atoms with E-state index in [0.29, 0.717) is 38.3 Å². The van der Waals surface area contributed by atoms with Crippen molar-refractivity contribution in [1.82, 2.24) is 15.1 Å². The van der Waals surface area contributed by atoms with Crippen molar-refractivity contribution in [3.63, 3.8) is 0 Å². The Hall–Kier alpha value is -2.57. The standard InChI is InChI=1S/C31H51N3O4/c1-6-8-10-12-13-15-21-33-23-27(28(35)32-20-14-11-9-7-2)24-34(30(33)37)22-25-16-18-26(19-17-25)29(36)38-31(3,4)5/h16-19,27H,6-15,20-24H2,1-5H3,(H,32,35). The van der Waals surface area contributed by atoms with Crippen LogP contribution >= 0.6 is 0 Å². The molecule has 1 atom stereocenters. The van der Waals surface area contributed by atoms with Crippen molar-refractivity contribution in [1.29, 1.82) is 0 Å². The van der Waals surface area contributed by atoms with Gasteiger partial charge in [-0.2, -0.15) is 0 Å². The van der Waals surface area contributed by atoms with Gasteiger partial charge in [0.15, 0.2) is 0 Å². The minimum atomic E-state index is -0.555. The summed E-state index contributed by atoms with van der Waals surface area (Å²) in [6.07, 6.45) is 11.4. The minimum absolute atomic E-state index is 0.0122. The zero-order valence-electron chi connectivity index (χ0n) is 24.5. The van der Waals surface area contributed by atoms with Crippen molar-refractivity contribution in [2.75, 3.05) is 26.2 Å². The summed E-state index contributed by atoms with van der Waals surface area (Å²) >= 11 is 0. The van der Waals surface area contributed by atoms with Crippen molar-refractivity contribution in [3.8, 4) is 0 Å². The third kappa shape index (κ3) is 11.4. The maximum Gasteiger partial charge on any atom is 0.338 e. The van der Waals surface area contributed by atoms with Crippen molar-refractivity contribution >= 4 is 17.9 Å². The number of carbonyl (C=O) groups excluding carboxylic acids is 3. The van der Waals surface area contributed by atoms with Crippen LogP contribution < -0.4 is 5.32 Å². The number of nitrogens with one attached hydrogen (secondary N) is 1. The predicted molar refractivity (Wildman–Crippen MR) is 153 cm³/mol. The van der Waals surface area contributed by atoms with Gasteiger partial charge in [-0.3, -0.25) is 4.79 Å². The number of unbranched alkanes of at least 4 members (excludes halogenated alkanes) is 8. The molecule has 7 heteroatoms. The first-order chi connectivity index (χ1) is 18.1. The first-order valence-corrected chi connectivity index (χ1v) is 14.8. The van der Waals surface area contributed by atoms with Crippen molar-refractivity contribution in [2.24, 2.45) is 5.92 Å². The Labute approximate surface area is 230 Å². The van der Waals surface area contributed by atoms with Crippen molar-refractivity contribution < 1.29 is 19.1 Å². The molecule has 2 rings (SSSR count). The Morgan fingerprint density at radius 3 is 2.08 bits per heavy atom. The van der Waals surface area contributed by atoms with E-state index in [1.54, 1.807) is 17.0 Å². The summed E-state index contributed by atoms with van der Waals surface area (Å²) in [6.45, 7) is 12.6. The topological polar surface area (TPSA) is 79.0 Å². The molecule has 0 bridgehead atoms. The van der Waals surface area contributed by atoms with Gasteiger partial charge in [-0.25, -0.2) is 9.59 Å². The molecule has 1 saturated heterocycles. The lowest BCUT2D eigenvalue weighted by atomic mass is 10.0. The highest BCUT2D eigenvalue weighted by atomic mass is 16.6. The Balaban J connectivity index is 2.03. The molecule has 1 fully saturated rings. The van der Waals surface area contributed by atoms with Crippen LogP contribution in [0.25, 0.3) is 0 Å². The second kappa shape index (κ2) is 16.4. The van der Waals surface area contributed by atoms with Crippen LogP contribution in [0.3, 0.4) is 0 Å². The Morgan fingerprint density at radius 1 is 0.868 bits per heavy atom. The molecule has 0 radical (unpaired) electrons. The summed E-state index contributed by atoms with van der Waals surface area (Å²) in [5.41, 5.74) is 0.852. The summed E-state index contributed by atoms with van der Waals surface area (Å²) in [6, 6.07) is 7.20. The molecule has 7 nitrogen and oxygen atoms in total. The molecule has 1 aliphatic rings. The molecule has 214 valence electrons. The van der Waals surface area contributed by atoms with E-state index in [1.807, 2.05) is 37.8 Å². The quantitative estimate of drug-likeness (QED) is 0.194. The number of benzene rings is 1. The smallest absolute Gasteiger partial charge is 0.338 e. The van der Waals surface area contributed by atoms with Crippen LogP contribution in [0.5, 0.6) is 0 Å². The lowest BCUT2D eigenvalue weighted by Crippen LogP contribution is -2.56. The Kier molecular flexibility index (Phi) is 13.7. The molecular weight excluding hydrogens is 478 g/mol. The average Bonchev–Trinajstić information content (AvgIpc) is 2.87. The van der Waals surface area contributed by atoms with E-state index in [0.717, 1.165) is 31.2 Å². The molecule has 1 aromatic carbocycles. The summed E-state index contributed by atoms with van der Waals surface area (Å²) in [4.78, 5) is 42.4. The van der Waals surface area contributed by atoms with Gasteiger partial charge in [0.2, 0.25) is 5.91 Å². The van der Waals surface area contributed by atoms with Gasteiger partial charge < -0.3 is 19.9 Å². The van der Waals surface area contributed by atoms with Crippen LogP contribution in [0.2, 0.25) is 0 Å². The van der Waals surface area contributed by atoms with E-state index in [9.17, 15) is 14.4 Å². The maximum absolute atomic E-state index is 13.4. The predicted octanol–water partition coefficient (Wildman–Crippen LogP) is 6.55. The summed E-state index contributed by atoms with van der Waals surface area (Å²) in [5, 5.41) is 3.11. The zero-order chi connectivity index (χ0) is 28.0. The zero-order valence-corrected chi connectivity index (χ0v) is 24.5. The van der Waals surface area contributed by atoms with Crippen LogP contribution in [0.15, 0.2) is 24.3 Å². The highest BCUT2D eigenvalue weighted by Crippen LogP contribution is 2.20. The van der Waals surface area contributed by atoms with Crippen LogP contribution in [0.4, 0.5) is 4.79 Å². The molecule has 0 saturated carbocycles. The van der Waals surface area contributed by atoms with E-state index in [-0.39, 0.29) is 23.8 Å². The molecule has 0 aliphatic carbocycles. The number of hydrogen-bond donors (Lipinski definition) is 1. The number of nitrogens with zero attached hydrogens (tertiary/aromatic N) is 2. The minimum Gasteiger partial charge on any atom is -0.456 e. The maximum atomic E-state index is 13.4. The summed E-state index contributed by atoms with van der Waals surface area (Å²) < 4.78 is 5.45. The fourth-order valence-electron chi connectivity index (χ4n) is 4.73. The summed E-state index contributed by atoms with van der Waals surface area (Å²) in [5.74, 6) is -0.578. The number of amides is 3. The van der Waals surface area contributed by atoms with Gasteiger partial charge in [0, 0.05) is 32.7 Å². The average molecular weight is 530 g/mol. The second-order valence-corrected chi connectivity index (χ2v) is 11.6. The monoisotopic (exact) mass is 529 g/mol.